The molecule has 1 rings (SSSR count). The topological polar surface area (TPSA) is 78.1 Å². The van der Waals surface area contributed by atoms with Gasteiger partial charge in [-0.05, 0) is 20.8 Å². The summed E-state index contributed by atoms with van der Waals surface area (Å²) in [5, 5.41) is 9.02. The van der Waals surface area contributed by atoms with Crippen molar-refractivity contribution >= 4 is 11.8 Å². The van der Waals surface area contributed by atoms with E-state index in [1.165, 1.54) is 6.20 Å². The van der Waals surface area contributed by atoms with E-state index in [1.807, 2.05) is 13.8 Å². The van der Waals surface area contributed by atoms with Gasteiger partial charge in [0.1, 0.15) is 0 Å². The number of H-pyrrole nitrogens is 1. The van der Waals surface area contributed by atoms with Gasteiger partial charge in [-0.1, -0.05) is 0 Å². The molecular formula is C11H18N4O2. The molecule has 1 aromatic rings. The van der Waals surface area contributed by atoms with E-state index in [-0.39, 0.29) is 18.4 Å². The number of carbonyl (C=O) groups excluding carboxylic acids is 2. The maximum absolute atomic E-state index is 11.7. The molecule has 2 N–H and O–H groups in total. The highest BCUT2D eigenvalue weighted by Crippen LogP contribution is 2.01. The number of hydrogen-bond donors (Lipinski definition) is 2. The summed E-state index contributed by atoms with van der Waals surface area (Å²) in [4.78, 5) is 25.0. The second-order valence-corrected chi connectivity index (χ2v) is 3.66. The van der Waals surface area contributed by atoms with Crippen LogP contribution in [0.1, 0.15) is 29.9 Å². The van der Waals surface area contributed by atoms with Gasteiger partial charge in [-0.25, -0.2) is 0 Å². The molecule has 94 valence electrons. The monoisotopic (exact) mass is 238 g/mol. The Morgan fingerprint density at radius 2 is 2.06 bits per heavy atom. The lowest BCUT2D eigenvalue weighted by Gasteiger charge is -2.18. The Labute approximate surface area is 100 Å². The Morgan fingerprint density at radius 1 is 1.41 bits per heavy atom. The standard InChI is InChI=1S/C11H18N4O2/c1-4-15(5-2)10(16)7-12-11(17)9-6-13-14-8(9)3/h6H,4-5,7H2,1-3H3,(H,12,17)(H,13,14). The zero-order valence-corrected chi connectivity index (χ0v) is 10.4. The van der Waals surface area contributed by atoms with Crippen molar-refractivity contribution in [2.45, 2.75) is 20.8 Å². The first-order valence-corrected chi connectivity index (χ1v) is 5.66. The SMILES string of the molecule is CCN(CC)C(=O)CNC(=O)c1cn[nH]c1C. The highest BCUT2D eigenvalue weighted by atomic mass is 16.2. The average molecular weight is 238 g/mol. The maximum atomic E-state index is 11.7. The summed E-state index contributed by atoms with van der Waals surface area (Å²) < 4.78 is 0. The van der Waals surface area contributed by atoms with Gasteiger partial charge in [-0.2, -0.15) is 5.10 Å². The number of rotatable bonds is 5. The molecule has 6 heteroatoms. The minimum atomic E-state index is -0.281. The van der Waals surface area contributed by atoms with Crippen molar-refractivity contribution in [1.82, 2.24) is 20.4 Å². The highest BCUT2D eigenvalue weighted by molar-refractivity contribution is 5.97. The first-order valence-electron chi connectivity index (χ1n) is 5.66. The van der Waals surface area contributed by atoms with E-state index < -0.39 is 0 Å². The molecule has 0 aliphatic carbocycles. The van der Waals surface area contributed by atoms with Crippen molar-refractivity contribution in [2.24, 2.45) is 0 Å². The van der Waals surface area contributed by atoms with Crippen LogP contribution in [0.4, 0.5) is 0 Å². The van der Waals surface area contributed by atoms with Crippen LogP contribution >= 0.6 is 0 Å². The summed E-state index contributed by atoms with van der Waals surface area (Å²) in [6.07, 6.45) is 1.45. The summed E-state index contributed by atoms with van der Waals surface area (Å²) in [5.41, 5.74) is 1.16. The molecule has 0 unspecified atom stereocenters. The molecule has 0 bridgehead atoms. The number of aromatic nitrogens is 2. The number of amides is 2. The van der Waals surface area contributed by atoms with Crippen molar-refractivity contribution < 1.29 is 9.59 Å². The zero-order valence-electron chi connectivity index (χ0n) is 10.4. The minimum absolute atomic E-state index is 0.0190. The molecule has 0 aliphatic rings. The van der Waals surface area contributed by atoms with Gasteiger partial charge < -0.3 is 10.2 Å². The molecule has 0 atom stereocenters. The minimum Gasteiger partial charge on any atom is -0.343 e. The molecule has 6 nitrogen and oxygen atoms in total. The van der Waals surface area contributed by atoms with Gasteiger partial charge in [0.05, 0.1) is 18.3 Å². The Morgan fingerprint density at radius 3 is 2.53 bits per heavy atom. The molecule has 0 aromatic carbocycles. The summed E-state index contributed by atoms with van der Waals surface area (Å²) in [5.74, 6) is -0.360. The van der Waals surface area contributed by atoms with Gasteiger partial charge in [-0.3, -0.25) is 14.7 Å². The van der Waals surface area contributed by atoms with Crippen LogP contribution in [0.2, 0.25) is 0 Å². The van der Waals surface area contributed by atoms with Crippen molar-refractivity contribution in [1.29, 1.82) is 0 Å². The van der Waals surface area contributed by atoms with Crippen molar-refractivity contribution in [3.8, 4) is 0 Å². The predicted octanol–water partition coefficient (Wildman–Crippen LogP) is 0.316. The van der Waals surface area contributed by atoms with Crippen LogP contribution in [0.15, 0.2) is 6.20 Å². The van der Waals surface area contributed by atoms with Crippen LogP contribution in [-0.4, -0.2) is 46.5 Å². The number of carbonyl (C=O) groups is 2. The lowest BCUT2D eigenvalue weighted by molar-refractivity contribution is -0.129. The number of aryl methyl sites for hydroxylation is 1. The Balaban J connectivity index is 2.49. The van der Waals surface area contributed by atoms with E-state index in [0.717, 1.165) is 0 Å². The normalized spacial score (nSPS) is 10.1. The van der Waals surface area contributed by atoms with Crippen LogP contribution in [0, 0.1) is 6.92 Å². The molecule has 17 heavy (non-hydrogen) atoms. The van der Waals surface area contributed by atoms with Crippen LogP contribution in [-0.2, 0) is 4.79 Å². The number of nitrogens with zero attached hydrogens (tertiary/aromatic N) is 2. The lowest BCUT2D eigenvalue weighted by Crippen LogP contribution is -2.40. The first kappa shape index (κ1) is 13.2. The molecule has 0 aliphatic heterocycles. The number of aromatic amines is 1. The fourth-order valence-electron chi connectivity index (χ4n) is 1.52. The molecule has 0 radical (unpaired) electrons. The van der Waals surface area contributed by atoms with E-state index in [2.05, 4.69) is 15.5 Å². The molecule has 1 heterocycles. The van der Waals surface area contributed by atoms with Crippen LogP contribution in [0.5, 0.6) is 0 Å². The lowest BCUT2D eigenvalue weighted by atomic mass is 10.2. The summed E-state index contributed by atoms with van der Waals surface area (Å²) >= 11 is 0. The smallest absolute Gasteiger partial charge is 0.255 e. The largest absolute Gasteiger partial charge is 0.343 e. The molecule has 0 saturated carbocycles. The third-order valence-corrected chi connectivity index (χ3v) is 2.59. The van der Waals surface area contributed by atoms with E-state index >= 15 is 0 Å². The van der Waals surface area contributed by atoms with E-state index in [4.69, 9.17) is 0 Å². The predicted molar refractivity (Wildman–Crippen MR) is 63.6 cm³/mol. The first-order chi connectivity index (χ1) is 8.10. The number of nitrogens with one attached hydrogen (secondary N) is 2. The number of hydrogen-bond acceptors (Lipinski definition) is 3. The molecule has 0 saturated heterocycles. The fraction of sp³-hybridized carbons (Fsp3) is 0.545. The Kier molecular flexibility index (Phi) is 4.68. The third-order valence-electron chi connectivity index (χ3n) is 2.59. The van der Waals surface area contributed by atoms with Crippen molar-refractivity contribution in [3.63, 3.8) is 0 Å². The third kappa shape index (κ3) is 3.30. The average Bonchev–Trinajstić information content (AvgIpc) is 2.74. The molecule has 0 fully saturated rings. The second kappa shape index (κ2) is 6.03. The quantitative estimate of drug-likeness (QED) is 0.775. The zero-order chi connectivity index (χ0) is 12.8. The summed E-state index contributed by atoms with van der Waals surface area (Å²) in [6, 6.07) is 0. The maximum Gasteiger partial charge on any atom is 0.255 e. The van der Waals surface area contributed by atoms with Crippen molar-refractivity contribution in [3.05, 3.63) is 17.5 Å². The van der Waals surface area contributed by atoms with E-state index in [9.17, 15) is 9.59 Å². The van der Waals surface area contributed by atoms with Gasteiger partial charge in [-0.15, -0.1) is 0 Å². The van der Waals surface area contributed by atoms with Gasteiger partial charge in [0, 0.05) is 18.8 Å². The summed E-state index contributed by atoms with van der Waals surface area (Å²) in [7, 11) is 0. The Hall–Kier alpha value is -1.85. The van der Waals surface area contributed by atoms with Crippen LogP contribution in [0.25, 0.3) is 0 Å². The fourth-order valence-corrected chi connectivity index (χ4v) is 1.52. The summed E-state index contributed by atoms with van der Waals surface area (Å²) in [6.45, 7) is 6.89. The molecular weight excluding hydrogens is 220 g/mol. The highest BCUT2D eigenvalue weighted by Gasteiger charge is 2.14. The van der Waals surface area contributed by atoms with Gasteiger partial charge in [0.25, 0.3) is 5.91 Å². The van der Waals surface area contributed by atoms with Gasteiger partial charge >= 0.3 is 0 Å². The Bertz CT molecular complexity index is 396. The van der Waals surface area contributed by atoms with E-state index in [1.54, 1.807) is 11.8 Å². The van der Waals surface area contributed by atoms with Gasteiger partial charge in [0.2, 0.25) is 5.91 Å². The van der Waals surface area contributed by atoms with Crippen LogP contribution in [0.3, 0.4) is 0 Å². The second-order valence-electron chi connectivity index (χ2n) is 3.66. The molecule has 1 aromatic heterocycles. The number of likely N-dealkylation sites (N-methyl/N-ethyl adjacent to an activating group) is 1. The van der Waals surface area contributed by atoms with Crippen molar-refractivity contribution in [2.75, 3.05) is 19.6 Å². The van der Waals surface area contributed by atoms with E-state index in [0.29, 0.717) is 24.3 Å². The van der Waals surface area contributed by atoms with Crippen LogP contribution < -0.4 is 5.32 Å². The molecule has 2 amide bonds. The van der Waals surface area contributed by atoms with Gasteiger partial charge in [0.15, 0.2) is 0 Å². The molecule has 0 spiro atoms.